The number of anilines is 1. The van der Waals surface area contributed by atoms with Crippen LogP contribution < -0.4 is 10.2 Å². The predicted octanol–water partition coefficient (Wildman–Crippen LogP) is 4.51. The van der Waals surface area contributed by atoms with E-state index in [1.54, 1.807) is 0 Å². The molecule has 126 valence electrons. The van der Waals surface area contributed by atoms with Crippen molar-refractivity contribution in [3.63, 3.8) is 0 Å². The molecule has 0 aromatic heterocycles. The molecule has 0 bridgehead atoms. The standard InChI is InChI=1S/C21H26N2O/c1-15-14-17-10-8-9-13-19(17)23(15)20(24)22-16(2)21(3,4)18-11-6-5-7-12-18/h5-13,15-16H,14H2,1-4H3,(H,22,24). The number of fused-ring (bicyclic) bond motifs is 1. The minimum absolute atomic E-state index is 0.0102. The number of rotatable bonds is 3. The molecule has 2 amide bonds. The summed E-state index contributed by atoms with van der Waals surface area (Å²) in [7, 11) is 0. The third kappa shape index (κ3) is 2.91. The number of amides is 2. The molecule has 1 aliphatic rings. The first-order valence-electron chi connectivity index (χ1n) is 8.64. The van der Waals surface area contributed by atoms with Gasteiger partial charge in [-0.15, -0.1) is 0 Å². The summed E-state index contributed by atoms with van der Waals surface area (Å²) in [6.45, 7) is 8.54. The van der Waals surface area contributed by atoms with Crippen molar-refractivity contribution in [3.05, 3.63) is 65.7 Å². The monoisotopic (exact) mass is 322 g/mol. The molecular formula is C21H26N2O. The van der Waals surface area contributed by atoms with Crippen LogP contribution in [0.25, 0.3) is 0 Å². The summed E-state index contributed by atoms with van der Waals surface area (Å²) < 4.78 is 0. The molecule has 0 fully saturated rings. The molecule has 2 unspecified atom stereocenters. The Morgan fingerprint density at radius 2 is 1.75 bits per heavy atom. The van der Waals surface area contributed by atoms with Gasteiger partial charge in [-0.2, -0.15) is 0 Å². The fourth-order valence-corrected chi connectivity index (χ4v) is 3.43. The Labute approximate surface area is 144 Å². The van der Waals surface area contributed by atoms with E-state index < -0.39 is 0 Å². The highest BCUT2D eigenvalue weighted by molar-refractivity contribution is 5.95. The molecule has 1 heterocycles. The van der Waals surface area contributed by atoms with Crippen LogP contribution in [-0.2, 0) is 11.8 Å². The van der Waals surface area contributed by atoms with Crippen LogP contribution in [0.1, 0.15) is 38.8 Å². The van der Waals surface area contributed by atoms with E-state index in [0.29, 0.717) is 0 Å². The number of hydrogen-bond donors (Lipinski definition) is 1. The molecular weight excluding hydrogens is 296 g/mol. The molecule has 3 nitrogen and oxygen atoms in total. The van der Waals surface area contributed by atoms with Crippen LogP contribution in [0.5, 0.6) is 0 Å². The van der Waals surface area contributed by atoms with Crippen LogP contribution in [0.2, 0.25) is 0 Å². The van der Waals surface area contributed by atoms with Crippen molar-refractivity contribution in [2.24, 2.45) is 0 Å². The fourth-order valence-electron chi connectivity index (χ4n) is 3.43. The summed E-state index contributed by atoms with van der Waals surface area (Å²) in [5, 5.41) is 3.22. The van der Waals surface area contributed by atoms with Crippen molar-refractivity contribution >= 4 is 11.7 Å². The minimum atomic E-state index is -0.139. The highest BCUT2D eigenvalue weighted by atomic mass is 16.2. The van der Waals surface area contributed by atoms with Crippen LogP contribution in [0.15, 0.2) is 54.6 Å². The molecule has 1 aliphatic heterocycles. The highest BCUT2D eigenvalue weighted by Gasteiger charge is 2.34. The summed E-state index contributed by atoms with van der Waals surface area (Å²) in [5.74, 6) is 0. The number of nitrogens with zero attached hydrogens (tertiary/aromatic N) is 1. The fraction of sp³-hybridized carbons (Fsp3) is 0.381. The lowest BCUT2D eigenvalue weighted by molar-refractivity contribution is 0.235. The Bertz CT molecular complexity index is 724. The van der Waals surface area contributed by atoms with Gasteiger partial charge in [0.15, 0.2) is 0 Å². The van der Waals surface area contributed by atoms with Crippen LogP contribution in [0.4, 0.5) is 10.5 Å². The van der Waals surface area contributed by atoms with Crippen molar-refractivity contribution in [1.82, 2.24) is 5.32 Å². The quantitative estimate of drug-likeness (QED) is 0.885. The van der Waals surface area contributed by atoms with Gasteiger partial charge in [-0.3, -0.25) is 4.90 Å². The maximum atomic E-state index is 12.9. The second-order valence-corrected chi connectivity index (χ2v) is 7.31. The van der Waals surface area contributed by atoms with Gasteiger partial charge in [0.1, 0.15) is 0 Å². The lowest BCUT2D eigenvalue weighted by Gasteiger charge is -2.35. The van der Waals surface area contributed by atoms with E-state index in [0.717, 1.165) is 12.1 Å². The van der Waals surface area contributed by atoms with E-state index >= 15 is 0 Å². The molecule has 0 radical (unpaired) electrons. The molecule has 0 spiro atoms. The van der Waals surface area contributed by atoms with E-state index in [2.05, 4.69) is 51.2 Å². The number of para-hydroxylation sites is 1. The predicted molar refractivity (Wildman–Crippen MR) is 99.5 cm³/mol. The van der Waals surface area contributed by atoms with Gasteiger partial charge < -0.3 is 5.32 Å². The van der Waals surface area contributed by atoms with Gasteiger partial charge in [0.05, 0.1) is 0 Å². The van der Waals surface area contributed by atoms with Crippen molar-refractivity contribution in [2.75, 3.05) is 4.90 Å². The van der Waals surface area contributed by atoms with Gasteiger partial charge in [-0.1, -0.05) is 62.4 Å². The molecule has 1 N–H and O–H groups in total. The minimum Gasteiger partial charge on any atom is -0.334 e. The maximum Gasteiger partial charge on any atom is 0.322 e. The smallest absolute Gasteiger partial charge is 0.322 e. The SMILES string of the molecule is CC1Cc2ccccc2N1C(=O)NC(C)C(C)(C)c1ccccc1. The zero-order chi connectivity index (χ0) is 17.3. The van der Waals surface area contributed by atoms with E-state index in [4.69, 9.17) is 0 Å². The number of urea groups is 1. The molecule has 0 saturated carbocycles. The summed E-state index contributed by atoms with van der Waals surface area (Å²) >= 11 is 0. The molecule has 2 atom stereocenters. The third-order valence-electron chi connectivity index (χ3n) is 5.37. The van der Waals surface area contributed by atoms with Gasteiger partial charge >= 0.3 is 6.03 Å². The molecule has 2 aromatic carbocycles. The number of nitrogens with one attached hydrogen (secondary N) is 1. The molecule has 0 aliphatic carbocycles. The summed E-state index contributed by atoms with van der Waals surface area (Å²) in [6, 6.07) is 18.7. The Hall–Kier alpha value is -2.29. The lowest BCUT2D eigenvalue weighted by Crippen LogP contribution is -2.52. The van der Waals surface area contributed by atoms with E-state index in [1.165, 1.54) is 11.1 Å². The van der Waals surface area contributed by atoms with Crippen LogP contribution in [0.3, 0.4) is 0 Å². The molecule has 0 saturated heterocycles. The Kier molecular flexibility index (Phi) is 4.35. The van der Waals surface area contributed by atoms with Gasteiger partial charge in [0.25, 0.3) is 0 Å². The summed E-state index contributed by atoms with van der Waals surface area (Å²) in [5.41, 5.74) is 3.37. The zero-order valence-corrected chi connectivity index (χ0v) is 14.9. The second kappa shape index (κ2) is 6.31. The number of hydrogen-bond acceptors (Lipinski definition) is 1. The average Bonchev–Trinajstić information content (AvgIpc) is 2.91. The van der Waals surface area contributed by atoms with Gasteiger partial charge in [0.2, 0.25) is 0 Å². The third-order valence-corrected chi connectivity index (χ3v) is 5.37. The van der Waals surface area contributed by atoms with E-state index in [9.17, 15) is 4.79 Å². The topological polar surface area (TPSA) is 32.3 Å². The van der Waals surface area contributed by atoms with Crippen LogP contribution in [0, 0.1) is 0 Å². The Morgan fingerprint density at radius 3 is 2.46 bits per heavy atom. The van der Waals surface area contributed by atoms with Gasteiger partial charge in [-0.05, 0) is 37.5 Å². The van der Waals surface area contributed by atoms with Crippen molar-refractivity contribution in [3.8, 4) is 0 Å². The Morgan fingerprint density at radius 1 is 1.12 bits per heavy atom. The van der Waals surface area contributed by atoms with Gasteiger partial charge in [0, 0.05) is 23.2 Å². The number of carbonyl (C=O) groups is 1. The largest absolute Gasteiger partial charge is 0.334 e. The van der Waals surface area contributed by atoms with Crippen molar-refractivity contribution in [2.45, 2.75) is 51.6 Å². The van der Waals surface area contributed by atoms with E-state index in [-0.39, 0.29) is 23.5 Å². The number of benzene rings is 2. The summed E-state index contributed by atoms with van der Waals surface area (Å²) in [6.07, 6.45) is 0.917. The van der Waals surface area contributed by atoms with E-state index in [1.807, 2.05) is 41.3 Å². The first kappa shape index (κ1) is 16.6. The lowest BCUT2D eigenvalue weighted by atomic mass is 9.78. The van der Waals surface area contributed by atoms with Crippen molar-refractivity contribution < 1.29 is 4.79 Å². The molecule has 3 heteroatoms. The zero-order valence-electron chi connectivity index (χ0n) is 14.9. The highest BCUT2D eigenvalue weighted by Crippen LogP contribution is 2.32. The molecule has 24 heavy (non-hydrogen) atoms. The first-order valence-corrected chi connectivity index (χ1v) is 8.64. The average molecular weight is 322 g/mol. The van der Waals surface area contributed by atoms with Crippen LogP contribution >= 0.6 is 0 Å². The Balaban J connectivity index is 1.78. The molecule has 2 aromatic rings. The first-order chi connectivity index (χ1) is 11.4. The van der Waals surface area contributed by atoms with Gasteiger partial charge in [-0.25, -0.2) is 4.79 Å². The maximum absolute atomic E-state index is 12.9. The van der Waals surface area contributed by atoms with Crippen molar-refractivity contribution in [1.29, 1.82) is 0 Å². The molecule has 3 rings (SSSR count). The van der Waals surface area contributed by atoms with Crippen LogP contribution in [-0.4, -0.2) is 18.1 Å². The number of carbonyl (C=O) groups excluding carboxylic acids is 1. The second-order valence-electron chi connectivity index (χ2n) is 7.31. The normalized spacial score (nSPS) is 18.2. The summed E-state index contributed by atoms with van der Waals surface area (Å²) in [4.78, 5) is 14.8.